The van der Waals surface area contributed by atoms with Gasteiger partial charge in [0.05, 0.1) is 44.8 Å². The standard InChI is InChI=1S/C18H25N7O4/c1-2-29-15(26)13-25-12-14(11-19-25)16-20-17(23-3-7-27-8-4-23)22-18(21-16)24-5-9-28-10-6-24/h11-12H,2-10,13H2,1H3. The van der Waals surface area contributed by atoms with Crippen LogP contribution in [0.2, 0.25) is 0 Å². The van der Waals surface area contributed by atoms with Gasteiger partial charge in [-0.3, -0.25) is 9.48 Å². The molecule has 0 atom stereocenters. The van der Waals surface area contributed by atoms with Crippen LogP contribution in [0.5, 0.6) is 0 Å². The van der Waals surface area contributed by atoms with Crippen LogP contribution in [0.4, 0.5) is 11.9 Å². The molecule has 0 bridgehead atoms. The van der Waals surface area contributed by atoms with Crippen LogP contribution in [0, 0.1) is 0 Å². The maximum Gasteiger partial charge on any atom is 0.327 e. The van der Waals surface area contributed by atoms with Crippen LogP contribution in [0.25, 0.3) is 11.4 Å². The molecule has 0 spiro atoms. The van der Waals surface area contributed by atoms with Crippen LogP contribution in [-0.4, -0.2) is 89.9 Å². The van der Waals surface area contributed by atoms with E-state index in [2.05, 4.69) is 24.9 Å². The molecule has 0 aliphatic carbocycles. The van der Waals surface area contributed by atoms with Crippen LogP contribution in [0.3, 0.4) is 0 Å². The van der Waals surface area contributed by atoms with E-state index in [9.17, 15) is 4.79 Å². The van der Waals surface area contributed by atoms with Crippen molar-refractivity contribution >= 4 is 17.9 Å². The van der Waals surface area contributed by atoms with Crippen LogP contribution in [-0.2, 0) is 25.5 Å². The van der Waals surface area contributed by atoms with Gasteiger partial charge in [0.15, 0.2) is 5.82 Å². The van der Waals surface area contributed by atoms with Gasteiger partial charge in [0.2, 0.25) is 11.9 Å². The number of nitrogens with zero attached hydrogens (tertiary/aromatic N) is 7. The molecule has 11 nitrogen and oxygen atoms in total. The average Bonchev–Trinajstić information content (AvgIpc) is 3.23. The monoisotopic (exact) mass is 403 g/mol. The molecule has 0 radical (unpaired) electrons. The summed E-state index contributed by atoms with van der Waals surface area (Å²) in [7, 11) is 0. The lowest BCUT2D eigenvalue weighted by atomic mass is 10.3. The third-order valence-corrected chi connectivity index (χ3v) is 4.69. The van der Waals surface area contributed by atoms with E-state index in [4.69, 9.17) is 19.2 Å². The predicted molar refractivity (Wildman–Crippen MR) is 104 cm³/mol. The molecule has 0 aromatic carbocycles. The fourth-order valence-electron chi connectivity index (χ4n) is 3.20. The van der Waals surface area contributed by atoms with Gasteiger partial charge >= 0.3 is 5.97 Å². The lowest BCUT2D eigenvalue weighted by molar-refractivity contribution is -0.144. The molecule has 4 rings (SSSR count). The quantitative estimate of drug-likeness (QED) is 0.610. The molecular weight excluding hydrogens is 378 g/mol. The first-order chi connectivity index (χ1) is 14.2. The third kappa shape index (κ3) is 4.80. The van der Waals surface area contributed by atoms with Crippen molar-refractivity contribution in [3.8, 4) is 11.4 Å². The number of carbonyl (C=O) groups excluding carboxylic acids is 1. The van der Waals surface area contributed by atoms with Crippen molar-refractivity contribution in [3.05, 3.63) is 12.4 Å². The summed E-state index contributed by atoms with van der Waals surface area (Å²) >= 11 is 0. The highest BCUT2D eigenvalue weighted by Crippen LogP contribution is 2.22. The number of esters is 1. The van der Waals surface area contributed by atoms with E-state index in [0.29, 0.717) is 50.8 Å². The Morgan fingerprint density at radius 3 is 2.14 bits per heavy atom. The summed E-state index contributed by atoms with van der Waals surface area (Å²) in [5.41, 5.74) is 0.723. The van der Waals surface area contributed by atoms with E-state index in [1.807, 2.05) is 0 Å². The molecule has 29 heavy (non-hydrogen) atoms. The maximum absolute atomic E-state index is 11.7. The number of carbonyl (C=O) groups is 1. The van der Waals surface area contributed by atoms with Gasteiger partial charge in [0, 0.05) is 32.4 Å². The highest BCUT2D eigenvalue weighted by atomic mass is 16.5. The number of morpholine rings is 2. The second kappa shape index (κ2) is 9.14. The van der Waals surface area contributed by atoms with Crippen LogP contribution in [0.1, 0.15) is 6.92 Å². The van der Waals surface area contributed by atoms with Crippen molar-refractivity contribution in [3.63, 3.8) is 0 Å². The maximum atomic E-state index is 11.7. The normalized spacial score (nSPS) is 17.4. The molecule has 156 valence electrons. The van der Waals surface area contributed by atoms with Gasteiger partial charge in [-0.25, -0.2) is 0 Å². The number of aromatic nitrogens is 5. The molecule has 0 N–H and O–H groups in total. The lowest BCUT2D eigenvalue weighted by Crippen LogP contribution is -2.40. The molecule has 2 aromatic rings. The SMILES string of the molecule is CCOC(=O)Cn1cc(-c2nc(N3CCOCC3)nc(N3CCOCC3)n2)cn1. The molecule has 11 heteroatoms. The number of rotatable bonds is 6. The van der Waals surface area contributed by atoms with Crippen molar-refractivity contribution in [2.75, 3.05) is 69.0 Å². The molecule has 2 aromatic heterocycles. The first-order valence-corrected chi connectivity index (χ1v) is 9.83. The second-order valence-corrected chi connectivity index (χ2v) is 6.69. The molecule has 0 amide bonds. The van der Waals surface area contributed by atoms with Gasteiger partial charge in [-0.15, -0.1) is 0 Å². The summed E-state index contributed by atoms with van der Waals surface area (Å²) in [4.78, 5) is 30.0. The minimum Gasteiger partial charge on any atom is -0.465 e. The Morgan fingerprint density at radius 1 is 1.00 bits per heavy atom. The van der Waals surface area contributed by atoms with E-state index in [0.717, 1.165) is 31.7 Å². The van der Waals surface area contributed by atoms with Gasteiger partial charge in [0.25, 0.3) is 0 Å². The lowest BCUT2D eigenvalue weighted by Gasteiger charge is -2.30. The number of anilines is 2. The Labute approximate surface area is 168 Å². The average molecular weight is 403 g/mol. The molecule has 2 fully saturated rings. The molecule has 0 saturated carbocycles. The fraction of sp³-hybridized carbons (Fsp3) is 0.611. The zero-order valence-electron chi connectivity index (χ0n) is 16.5. The molecular formula is C18H25N7O4. The van der Waals surface area contributed by atoms with Gasteiger partial charge in [-0.1, -0.05) is 0 Å². The molecule has 2 aliphatic rings. The van der Waals surface area contributed by atoms with Gasteiger partial charge < -0.3 is 24.0 Å². The zero-order valence-corrected chi connectivity index (χ0v) is 16.5. The molecule has 2 saturated heterocycles. The van der Waals surface area contributed by atoms with E-state index in [-0.39, 0.29) is 12.5 Å². The Kier molecular flexibility index (Phi) is 6.15. The highest BCUT2D eigenvalue weighted by Gasteiger charge is 2.21. The van der Waals surface area contributed by atoms with Crippen molar-refractivity contribution in [2.24, 2.45) is 0 Å². The summed E-state index contributed by atoms with van der Waals surface area (Å²) < 4.78 is 17.4. The van der Waals surface area contributed by atoms with Crippen LogP contribution >= 0.6 is 0 Å². The van der Waals surface area contributed by atoms with Crippen LogP contribution in [0.15, 0.2) is 12.4 Å². The van der Waals surface area contributed by atoms with Gasteiger partial charge in [0.1, 0.15) is 6.54 Å². The fourth-order valence-corrected chi connectivity index (χ4v) is 3.20. The minimum absolute atomic E-state index is 0.0472. The Balaban J connectivity index is 1.62. The van der Waals surface area contributed by atoms with E-state index in [1.165, 1.54) is 4.68 Å². The number of ether oxygens (including phenoxy) is 3. The Hall–Kier alpha value is -2.79. The minimum atomic E-state index is -0.333. The largest absolute Gasteiger partial charge is 0.465 e. The van der Waals surface area contributed by atoms with Crippen molar-refractivity contribution in [1.82, 2.24) is 24.7 Å². The third-order valence-electron chi connectivity index (χ3n) is 4.69. The van der Waals surface area contributed by atoms with E-state index < -0.39 is 0 Å². The number of hydrogen-bond acceptors (Lipinski definition) is 10. The smallest absolute Gasteiger partial charge is 0.327 e. The zero-order chi connectivity index (χ0) is 20.1. The van der Waals surface area contributed by atoms with Crippen LogP contribution < -0.4 is 9.80 Å². The first kappa shape index (κ1) is 19.5. The van der Waals surface area contributed by atoms with Crippen molar-refractivity contribution in [1.29, 1.82) is 0 Å². The summed E-state index contributed by atoms with van der Waals surface area (Å²) in [6.45, 7) is 7.66. The highest BCUT2D eigenvalue weighted by molar-refractivity contribution is 5.69. The summed E-state index contributed by atoms with van der Waals surface area (Å²) in [5.74, 6) is 1.44. The Morgan fingerprint density at radius 2 is 1.59 bits per heavy atom. The molecule has 2 aliphatic heterocycles. The molecule has 0 unspecified atom stereocenters. The summed E-state index contributed by atoms with van der Waals surface area (Å²) in [6.07, 6.45) is 3.40. The number of hydrogen-bond donors (Lipinski definition) is 0. The topological polar surface area (TPSA) is 108 Å². The van der Waals surface area contributed by atoms with E-state index >= 15 is 0 Å². The first-order valence-electron chi connectivity index (χ1n) is 9.83. The van der Waals surface area contributed by atoms with Gasteiger partial charge in [-0.2, -0.15) is 20.1 Å². The second-order valence-electron chi connectivity index (χ2n) is 6.69. The van der Waals surface area contributed by atoms with Crippen molar-refractivity contribution < 1.29 is 19.0 Å². The van der Waals surface area contributed by atoms with E-state index in [1.54, 1.807) is 19.3 Å². The van der Waals surface area contributed by atoms with Crippen molar-refractivity contribution in [2.45, 2.75) is 13.5 Å². The van der Waals surface area contributed by atoms with Gasteiger partial charge in [-0.05, 0) is 6.92 Å². The molecule has 4 heterocycles. The summed E-state index contributed by atoms with van der Waals surface area (Å²) in [5, 5.41) is 4.25. The summed E-state index contributed by atoms with van der Waals surface area (Å²) in [6, 6.07) is 0. The predicted octanol–water partition coefficient (Wildman–Crippen LogP) is -0.0286. The Bertz CT molecular complexity index is 795.